The zero-order chi connectivity index (χ0) is 26.1. The van der Waals surface area contributed by atoms with Crippen LogP contribution in [0.3, 0.4) is 0 Å². The van der Waals surface area contributed by atoms with E-state index in [1.165, 1.54) is 11.0 Å². The number of rotatable bonds is 3. The number of carbonyl (C=O) groups is 3. The lowest BCUT2D eigenvalue weighted by Gasteiger charge is -2.50. The van der Waals surface area contributed by atoms with Gasteiger partial charge in [-0.05, 0) is 55.6 Å². The normalized spacial score (nSPS) is 27.6. The van der Waals surface area contributed by atoms with Crippen molar-refractivity contribution in [3.05, 3.63) is 70.5 Å². The standard InChI is InChI=1S/C27H26N2O7/c1-29(2)21-16-11-13-10-15-14(12-6-4-3-5-7-12)8-9-17(30)19(15)22(31)18(13)24(33)27(16,36)25(34)20(23(21)32)26(28)35/h3-9,13,16,21,30-31,34,36H,10-11H2,1-2H3,(H2,28,35)/t13-,16+,21+,27-/m0/s1. The van der Waals surface area contributed by atoms with Crippen molar-refractivity contribution in [1.29, 1.82) is 0 Å². The van der Waals surface area contributed by atoms with Gasteiger partial charge in [-0.2, -0.15) is 0 Å². The number of Topliss-reactive ketones (excluding diaryl/α,β-unsaturated/α-hetero) is 2. The van der Waals surface area contributed by atoms with Gasteiger partial charge in [-0.1, -0.05) is 36.4 Å². The second-order valence-electron chi connectivity index (χ2n) is 9.81. The molecule has 0 heterocycles. The molecule has 2 aromatic carbocycles. The van der Waals surface area contributed by atoms with Crippen LogP contribution >= 0.6 is 0 Å². The first-order chi connectivity index (χ1) is 17.0. The molecule has 0 unspecified atom stereocenters. The van der Waals surface area contributed by atoms with E-state index in [0.717, 1.165) is 11.1 Å². The van der Waals surface area contributed by atoms with E-state index in [1.807, 2.05) is 30.3 Å². The van der Waals surface area contributed by atoms with Crippen LogP contribution in [0.4, 0.5) is 0 Å². The van der Waals surface area contributed by atoms with Gasteiger partial charge in [-0.15, -0.1) is 0 Å². The lowest BCUT2D eigenvalue weighted by Crippen LogP contribution is -2.65. The lowest BCUT2D eigenvalue weighted by molar-refractivity contribution is -0.153. The molecule has 9 nitrogen and oxygen atoms in total. The summed E-state index contributed by atoms with van der Waals surface area (Å²) in [6, 6.07) is 11.4. The van der Waals surface area contributed by atoms with Crippen LogP contribution in [0.1, 0.15) is 17.5 Å². The third-order valence-corrected chi connectivity index (χ3v) is 7.69. The molecular formula is C27H26N2O7. The van der Waals surface area contributed by atoms with Crippen molar-refractivity contribution in [1.82, 2.24) is 4.90 Å². The summed E-state index contributed by atoms with van der Waals surface area (Å²) in [6.07, 6.45) is 0.294. The summed E-state index contributed by atoms with van der Waals surface area (Å²) >= 11 is 0. The number of aliphatic hydroxyl groups is 3. The van der Waals surface area contributed by atoms with Gasteiger partial charge in [0.05, 0.1) is 11.6 Å². The molecule has 0 aromatic heterocycles. The number of carbonyl (C=O) groups excluding carboxylic acids is 3. The van der Waals surface area contributed by atoms with Gasteiger partial charge in [0, 0.05) is 11.5 Å². The summed E-state index contributed by atoms with van der Waals surface area (Å²) < 4.78 is 0. The van der Waals surface area contributed by atoms with E-state index in [4.69, 9.17) is 5.73 Å². The Kier molecular flexibility index (Phi) is 5.31. The molecule has 0 bridgehead atoms. The number of fused-ring (bicyclic) bond motifs is 3. The predicted molar refractivity (Wildman–Crippen MR) is 130 cm³/mol. The van der Waals surface area contributed by atoms with Crippen LogP contribution in [0.2, 0.25) is 0 Å². The maximum atomic E-state index is 13.8. The number of hydrogen-bond acceptors (Lipinski definition) is 8. The van der Waals surface area contributed by atoms with E-state index < -0.39 is 58.0 Å². The third kappa shape index (κ3) is 3.06. The summed E-state index contributed by atoms with van der Waals surface area (Å²) in [5.74, 6) is -6.61. The highest BCUT2D eigenvalue weighted by Gasteiger charge is 2.64. The SMILES string of the molecule is CN(C)[C@H]1C(=O)C(C(N)=O)=C(O)[C@@]2(O)C(=O)C3=C(O)c4c(O)ccc(-c5ccccc5)c4C[C@H]3C[C@H]12. The van der Waals surface area contributed by atoms with Gasteiger partial charge in [-0.25, -0.2) is 0 Å². The summed E-state index contributed by atoms with van der Waals surface area (Å²) in [4.78, 5) is 40.5. The maximum Gasteiger partial charge on any atom is 0.255 e. The van der Waals surface area contributed by atoms with Crippen LogP contribution < -0.4 is 5.73 Å². The quantitative estimate of drug-likeness (QED) is 0.406. The number of primary amides is 1. The number of nitrogens with two attached hydrogens (primary N) is 1. The first-order valence-electron chi connectivity index (χ1n) is 11.5. The minimum atomic E-state index is -2.64. The van der Waals surface area contributed by atoms with E-state index in [1.54, 1.807) is 20.2 Å². The molecule has 186 valence electrons. The summed E-state index contributed by atoms with van der Waals surface area (Å²) in [5, 5.41) is 44.4. The summed E-state index contributed by atoms with van der Waals surface area (Å²) in [5.41, 5.74) is 4.04. The molecule has 9 heteroatoms. The topological polar surface area (TPSA) is 161 Å². The fourth-order valence-electron chi connectivity index (χ4n) is 6.13. The first-order valence-corrected chi connectivity index (χ1v) is 11.5. The van der Waals surface area contributed by atoms with Crippen molar-refractivity contribution in [2.75, 3.05) is 14.1 Å². The molecule has 3 aliphatic carbocycles. The van der Waals surface area contributed by atoms with Crippen molar-refractivity contribution < 1.29 is 34.8 Å². The highest BCUT2D eigenvalue weighted by atomic mass is 16.3. The van der Waals surface area contributed by atoms with Crippen molar-refractivity contribution >= 4 is 23.2 Å². The van der Waals surface area contributed by atoms with Crippen molar-refractivity contribution in [2.24, 2.45) is 17.6 Å². The Morgan fingerprint density at radius 2 is 1.72 bits per heavy atom. The maximum absolute atomic E-state index is 13.8. The van der Waals surface area contributed by atoms with Gasteiger partial charge in [-0.3, -0.25) is 19.3 Å². The van der Waals surface area contributed by atoms with Gasteiger partial charge >= 0.3 is 0 Å². The van der Waals surface area contributed by atoms with Crippen LogP contribution in [0.5, 0.6) is 5.75 Å². The second kappa shape index (κ2) is 8.04. The van der Waals surface area contributed by atoms with Gasteiger partial charge in [0.2, 0.25) is 5.78 Å². The van der Waals surface area contributed by atoms with Gasteiger partial charge in [0.1, 0.15) is 22.8 Å². The van der Waals surface area contributed by atoms with Gasteiger partial charge in [0.15, 0.2) is 11.4 Å². The second-order valence-corrected chi connectivity index (χ2v) is 9.81. The molecule has 0 aliphatic heterocycles. The molecule has 2 aromatic rings. The minimum Gasteiger partial charge on any atom is -0.508 e. The number of aliphatic hydroxyl groups excluding tert-OH is 2. The van der Waals surface area contributed by atoms with Crippen LogP contribution in [0.25, 0.3) is 16.9 Å². The van der Waals surface area contributed by atoms with Crippen molar-refractivity contribution in [3.63, 3.8) is 0 Å². The number of benzene rings is 2. The molecule has 1 amide bonds. The van der Waals surface area contributed by atoms with E-state index >= 15 is 0 Å². The molecule has 1 saturated carbocycles. The van der Waals surface area contributed by atoms with Crippen LogP contribution in [0, 0.1) is 11.8 Å². The number of aromatic hydroxyl groups is 1. The number of ketones is 2. The number of hydrogen-bond donors (Lipinski definition) is 5. The molecule has 4 atom stereocenters. The average molecular weight is 491 g/mol. The predicted octanol–water partition coefficient (Wildman–Crippen LogP) is 1.63. The summed E-state index contributed by atoms with van der Waals surface area (Å²) in [7, 11) is 3.14. The van der Waals surface area contributed by atoms with E-state index in [9.17, 15) is 34.8 Å². The number of amides is 1. The molecule has 5 rings (SSSR count). The average Bonchev–Trinajstić information content (AvgIpc) is 2.81. The number of nitrogens with zero attached hydrogens (tertiary/aromatic N) is 1. The molecule has 3 aliphatic rings. The lowest BCUT2D eigenvalue weighted by atomic mass is 9.57. The van der Waals surface area contributed by atoms with Crippen molar-refractivity contribution in [3.8, 4) is 16.9 Å². The Morgan fingerprint density at radius 3 is 2.33 bits per heavy atom. The Balaban J connectivity index is 1.75. The minimum absolute atomic E-state index is 0.0512. The number of phenols is 1. The first kappa shape index (κ1) is 23.8. The molecule has 36 heavy (non-hydrogen) atoms. The molecule has 0 saturated heterocycles. The van der Waals surface area contributed by atoms with E-state index in [-0.39, 0.29) is 29.7 Å². The van der Waals surface area contributed by atoms with E-state index in [0.29, 0.717) is 5.56 Å². The number of likely N-dealkylation sites (N-methyl/N-ethyl adjacent to an activating group) is 1. The zero-order valence-electron chi connectivity index (χ0n) is 19.7. The molecule has 1 fully saturated rings. The Labute approximate surface area is 206 Å². The Bertz CT molecular complexity index is 1390. The fourth-order valence-corrected chi connectivity index (χ4v) is 6.13. The van der Waals surface area contributed by atoms with Crippen LogP contribution in [-0.4, -0.2) is 68.5 Å². The molecular weight excluding hydrogens is 464 g/mol. The van der Waals surface area contributed by atoms with Crippen LogP contribution in [-0.2, 0) is 20.8 Å². The van der Waals surface area contributed by atoms with Gasteiger partial charge < -0.3 is 26.2 Å². The monoisotopic (exact) mass is 490 g/mol. The molecule has 0 radical (unpaired) electrons. The van der Waals surface area contributed by atoms with Gasteiger partial charge in [0.25, 0.3) is 5.91 Å². The largest absolute Gasteiger partial charge is 0.508 e. The fraction of sp³-hybridized carbons (Fsp3) is 0.296. The van der Waals surface area contributed by atoms with Crippen LogP contribution in [0.15, 0.2) is 59.4 Å². The molecule has 6 N–H and O–H groups in total. The zero-order valence-corrected chi connectivity index (χ0v) is 19.7. The highest BCUT2D eigenvalue weighted by Crippen LogP contribution is 2.53. The number of phenolic OH excluding ortho intramolecular Hbond substituents is 1. The Morgan fingerprint density at radius 1 is 1.06 bits per heavy atom. The molecule has 0 spiro atoms. The van der Waals surface area contributed by atoms with Crippen molar-refractivity contribution in [2.45, 2.75) is 24.5 Å². The van der Waals surface area contributed by atoms with E-state index in [2.05, 4.69) is 0 Å². The third-order valence-electron chi connectivity index (χ3n) is 7.69. The Hall–Kier alpha value is -3.95. The summed E-state index contributed by atoms with van der Waals surface area (Å²) in [6.45, 7) is 0. The smallest absolute Gasteiger partial charge is 0.255 e. The highest BCUT2D eigenvalue weighted by molar-refractivity contribution is 6.24.